The van der Waals surface area contributed by atoms with E-state index in [0.29, 0.717) is 11.3 Å². The number of carboxylic acids is 1. The second-order valence-corrected chi connectivity index (χ2v) is 5.45. The van der Waals surface area contributed by atoms with Gasteiger partial charge >= 0.3 is 12.0 Å². The number of thiazole rings is 1. The number of amides is 2. The van der Waals surface area contributed by atoms with Crippen molar-refractivity contribution in [3.05, 3.63) is 45.9 Å². The van der Waals surface area contributed by atoms with E-state index in [2.05, 4.69) is 15.6 Å². The number of nitrogens with zero attached hydrogens (tertiary/aromatic N) is 1. The van der Waals surface area contributed by atoms with Crippen LogP contribution in [0, 0.1) is 6.92 Å². The molecule has 1 atom stereocenters. The van der Waals surface area contributed by atoms with E-state index in [0.717, 1.165) is 5.01 Å². The first-order valence-corrected chi connectivity index (χ1v) is 7.16. The lowest BCUT2D eigenvalue weighted by Gasteiger charge is -2.13. The lowest BCUT2D eigenvalue weighted by atomic mass is 10.1. The Hall–Kier alpha value is -2.41. The predicted octanol–water partition coefficient (Wildman–Crippen LogP) is 3.03. The number of nitrogens with one attached hydrogen (secondary N) is 2. The Morgan fingerprint density at radius 1 is 1.38 bits per heavy atom. The van der Waals surface area contributed by atoms with Gasteiger partial charge in [-0.15, -0.1) is 11.3 Å². The highest BCUT2D eigenvalue weighted by atomic mass is 32.1. The summed E-state index contributed by atoms with van der Waals surface area (Å²) in [5.74, 6) is -1.02. The molecule has 6 nitrogen and oxygen atoms in total. The monoisotopic (exact) mass is 305 g/mol. The molecule has 1 unspecified atom stereocenters. The van der Waals surface area contributed by atoms with Gasteiger partial charge in [-0.3, -0.25) is 0 Å². The predicted molar refractivity (Wildman–Crippen MR) is 80.8 cm³/mol. The van der Waals surface area contributed by atoms with Crippen molar-refractivity contribution in [2.45, 2.75) is 19.9 Å². The van der Waals surface area contributed by atoms with Crippen LogP contribution in [0.15, 0.2) is 29.8 Å². The Bertz CT molecular complexity index is 655. The minimum Gasteiger partial charge on any atom is -0.478 e. The van der Waals surface area contributed by atoms with Gasteiger partial charge in [0.1, 0.15) is 5.01 Å². The van der Waals surface area contributed by atoms with E-state index in [9.17, 15) is 9.59 Å². The van der Waals surface area contributed by atoms with E-state index in [1.54, 1.807) is 25.3 Å². The average molecular weight is 305 g/mol. The van der Waals surface area contributed by atoms with Gasteiger partial charge in [0.15, 0.2) is 0 Å². The van der Waals surface area contributed by atoms with E-state index in [-0.39, 0.29) is 11.6 Å². The summed E-state index contributed by atoms with van der Waals surface area (Å²) in [6.45, 7) is 3.54. The van der Waals surface area contributed by atoms with Crippen molar-refractivity contribution in [3.8, 4) is 0 Å². The summed E-state index contributed by atoms with van der Waals surface area (Å²) in [6.07, 6.45) is 1.68. The molecule has 1 aromatic heterocycles. The maximum atomic E-state index is 11.9. The highest BCUT2D eigenvalue weighted by Gasteiger charge is 2.13. The van der Waals surface area contributed by atoms with Gasteiger partial charge in [-0.1, -0.05) is 6.07 Å². The number of hydrogen-bond donors (Lipinski definition) is 3. The summed E-state index contributed by atoms with van der Waals surface area (Å²) in [4.78, 5) is 27.1. The SMILES string of the molecule is Cc1ccc(NC(=O)NC(C)c2nccs2)cc1C(=O)O. The molecule has 0 radical (unpaired) electrons. The quantitative estimate of drug-likeness (QED) is 0.809. The summed E-state index contributed by atoms with van der Waals surface area (Å²) in [5, 5.41) is 17.1. The summed E-state index contributed by atoms with van der Waals surface area (Å²) in [6, 6.07) is 4.14. The summed E-state index contributed by atoms with van der Waals surface area (Å²) in [7, 11) is 0. The van der Waals surface area contributed by atoms with Crippen LogP contribution < -0.4 is 10.6 Å². The summed E-state index contributed by atoms with van der Waals surface area (Å²) < 4.78 is 0. The van der Waals surface area contributed by atoms with Crippen molar-refractivity contribution in [3.63, 3.8) is 0 Å². The number of carboxylic acid groups (broad SMARTS) is 1. The lowest BCUT2D eigenvalue weighted by molar-refractivity contribution is 0.0696. The third kappa shape index (κ3) is 3.79. The van der Waals surface area contributed by atoms with E-state index >= 15 is 0 Å². The number of hydrogen-bond acceptors (Lipinski definition) is 4. The first kappa shape index (κ1) is 15.0. The standard InChI is InChI=1S/C14H15N3O3S/c1-8-3-4-10(7-11(8)13(18)19)17-14(20)16-9(2)12-15-5-6-21-12/h3-7,9H,1-2H3,(H,18,19)(H2,16,17,20). The maximum Gasteiger partial charge on any atom is 0.336 e. The van der Waals surface area contributed by atoms with Crippen LogP contribution in [0.3, 0.4) is 0 Å². The Morgan fingerprint density at radius 3 is 2.76 bits per heavy atom. The van der Waals surface area contributed by atoms with E-state index in [4.69, 9.17) is 5.11 Å². The third-order valence-electron chi connectivity index (χ3n) is 2.90. The molecule has 0 fully saturated rings. The number of rotatable bonds is 4. The number of aryl methyl sites for hydroxylation is 1. The summed E-state index contributed by atoms with van der Waals surface area (Å²) in [5.41, 5.74) is 1.24. The van der Waals surface area contributed by atoms with Crippen LogP contribution in [0.5, 0.6) is 0 Å². The zero-order valence-electron chi connectivity index (χ0n) is 11.6. The van der Waals surface area contributed by atoms with E-state index in [1.165, 1.54) is 17.4 Å². The molecule has 2 rings (SSSR count). The first-order valence-electron chi connectivity index (χ1n) is 6.28. The first-order chi connectivity index (χ1) is 9.97. The highest BCUT2D eigenvalue weighted by molar-refractivity contribution is 7.09. The van der Waals surface area contributed by atoms with Gasteiger partial charge in [0.05, 0.1) is 11.6 Å². The number of anilines is 1. The number of aromatic carboxylic acids is 1. The van der Waals surface area contributed by atoms with Crippen LogP contribution in [-0.2, 0) is 0 Å². The zero-order chi connectivity index (χ0) is 15.4. The van der Waals surface area contributed by atoms with Gasteiger partial charge in [0.2, 0.25) is 0 Å². The normalized spacial score (nSPS) is 11.7. The average Bonchev–Trinajstić information content (AvgIpc) is 2.94. The molecular formula is C14H15N3O3S. The Kier molecular flexibility index (Phi) is 4.54. The molecule has 0 aliphatic heterocycles. The molecule has 21 heavy (non-hydrogen) atoms. The van der Waals surface area contributed by atoms with E-state index < -0.39 is 12.0 Å². The number of carbonyl (C=O) groups excluding carboxylic acids is 1. The Labute approximate surface area is 125 Å². The van der Waals surface area contributed by atoms with Crippen molar-refractivity contribution in [2.24, 2.45) is 0 Å². The lowest BCUT2D eigenvalue weighted by Crippen LogP contribution is -2.31. The molecule has 1 aromatic carbocycles. The van der Waals surface area contributed by atoms with Crippen LogP contribution in [0.25, 0.3) is 0 Å². The molecule has 2 aromatic rings. The molecule has 110 valence electrons. The van der Waals surface area contributed by atoms with Gasteiger partial charge in [0.25, 0.3) is 0 Å². The zero-order valence-corrected chi connectivity index (χ0v) is 12.4. The number of benzene rings is 1. The van der Waals surface area contributed by atoms with Gasteiger partial charge in [-0.2, -0.15) is 0 Å². The molecule has 0 spiro atoms. The molecule has 0 bridgehead atoms. The number of carbonyl (C=O) groups is 2. The minimum atomic E-state index is -1.02. The van der Waals surface area contributed by atoms with Crippen molar-refractivity contribution < 1.29 is 14.7 Å². The van der Waals surface area contributed by atoms with Crippen LogP contribution in [0.2, 0.25) is 0 Å². The highest BCUT2D eigenvalue weighted by Crippen LogP contribution is 2.17. The fraction of sp³-hybridized carbons (Fsp3) is 0.214. The van der Waals surface area contributed by atoms with Crippen molar-refractivity contribution in [1.82, 2.24) is 10.3 Å². The van der Waals surface area contributed by atoms with Gasteiger partial charge in [-0.25, -0.2) is 14.6 Å². The Balaban J connectivity index is 2.03. The van der Waals surface area contributed by atoms with Crippen LogP contribution in [0.1, 0.15) is 33.9 Å². The molecular weight excluding hydrogens is 290 g/mol. The van der Waals surface area contributed by atoms with Crippen molar-refractivity contribution in [2.75, 3.05) is 5.32 Å². The fourth-order valence-electron chi connectivity index (χ4n) is 1.80. The number of aromatic nitrogens is 1. The smallest absolute Gasteiger partial charge is 0.336 e. The molecule has 2 amide bonds. The van der Waals surface area contributed by atoms with Crippen LogP contribution >= 0.6 is 11.3 Å². The Morgan fingerprint density at radius 2 is 2.14 bits per heavy atom. The largest absolute Gasteiger partial charge is 0.478 e. The minimum absolute atomic E-state index is 0.167. The molecule has 7 heteroatoms. The molecule has 3 N–H and O–H groups in total. The second kappa shape index (κ2) is 6.36. The van der Waals surface area contributed by atoms with Crippen molar-refractivity contribution in [1.29, 1.82) is 0 Å². The molecule has 0 saturated heterocycles. The van der Waals surface area contributed by atoms with Gasteiger partial charge < -0.3 is 15.7 Å². The van der Waals surface area contributed by atoms with Crippen LogP contribution in [-0.4, -0.2) is 22.1 Å². The number of urea groups is 1. The molecule has 1 heterocycles. The third-order valence-corrected chi connectivity index (χ3v) is 3.85. The topological polar surface area (TPSA) is 91.3 Å². The van der Waals surface area contributed by atoms with Gasteiger partial charge in [-0.05, 0) is 31.5 Å². The fourth-order valence-corrected chi connectivity index (χ4v) is 2.45. The van der Waals surface area contributed by atoms with E-state index in [1.807, 2.05) is 12.3 Å². The molecule has 0 aliphatic rings. The molecule has 0 aliphatic carbocycles. The summed E-state index contributed by atoms with van der Waals surface area (Å²) >= 11 is 1.46. The second-order valence-electron chi connectivity index (χ2n) is 4.53. The van der Waals surface area contributed by atoms with Crippen molar-refractivity contribution >= 4 is 29.0 Å². The van der Waals surface area contributed by atoms with Gasteiger partial charge in [0, 0.05) is 17.3 Å². The maximum absolute atomic E-state index is 11.9. The molecule has 0 saturated carbocycles. The van der Waals surface area contributed by atoms with Crippen LogP contribution in [0.4, 0.5) is 10.5 Å².